The van der Waals surface area contributed by atoms with Gasteiger partial charge in [0.15, 0.2) is 0 Å². The summed E-state index contributed by atoms with van der Waals surface area (Å²) in [5.41, 5.74) is 5.60. The molecule has 18 heavy (non-hydrogen) atoms. The Kier molecular flexibility index (Phi) is 5.12. The summed E-state index contributed by atoms with van der Waals surface area (Å²) >= 11 is 3.19. The van der Waals surface area contributed by atoms with E-state index in [0.29, 0.717) is 10.4 Å². The number of sulfonamides is 1. The first kappa shape index (κ1) is 15.4. The van der Waals surface area contributed by atoms with Gasteiger partial charge in [0.2, 0.25) is 10.0 Å². The highest BCUT2D eigenvalue weighted by Crippen LogP contribution is 2.21. The number of anilines is 1. The minimum atomic E-state index is -3.63. The lowest BCUT2D eigenvalue weighted by molar-refractivity contribution is 0.482. The molecule has 0 spiro atoms. The molecular weight excluding hydrogens is 318 g/mol. The lowest BCUT2D eigenvalue weighted by Gasteiger charge is -2.16. The largest absolute Gasteiger partial charge is 0.383 e. The molecule has 0 aliphatic heterocycles. The molecule has 5 nitrogen and oxygen atoms in total. The van der Waals surface area contributed by atoms with E-state index in [2.05, 4.69) is 25.6 Å². The topological polar surface area (TPSA) is 85.1 Å². The average Bonchev–Trinajstić information content (AvgIpc) is 2.19. The van der Waals surface area contributed by atoms with Crippen LogP contribution in [0.5, 0.6) is 0 Å². The second kappa shape index (κ2) is 5.99. The Balaban J connectivity index is 2.96. The van der Waals surface area contributed by atoms with Crippen LogP contribution in [-0.4, -0.2) is 19.4 Å². The van der Waals surface area contributed by atoms with Crippen LogP contribution in [0, 0.1) is 5.92 Å². The number of hydrogen-bond acceptors (Lipinski definition) is 4. The zero-order valence-corrected chi connectivity index (χ0v) is 13.0. The summed E-state index contributed by atoms with van der Waals surface area (Å²) in [5, 5.41) is 0. The standard InChI is InChI=1S/C11H18BrN3O2S/c1-7(2)4-8(3)15-18(16,17)10-5-9(12)6-14-11(10)13/h5-8,15H,4H2,1-3H3,(H2,13,14). The highest BCUT2D eigenvalue weighted by Gasteiger charge is 2.21. The van der Waals surface area contributed by atoms with Gasteiger partial charge in [-0.3, -0.25) is 0 Å². The summed E-state index contributed by atoms with van der Waals surface area (Å²) in [6, 6.07) is 1.31. The number of nitrogen functional groups attached to an aromatic ring is 1. The number of pyridine rings is 1. The third kappa shape index (κ3) is 4.22. The molecule has 7 heteroatoms. The second-order valence-corrected chi connectivity index (χ2v) is 7.29. The van der Waals surface area contributed by atoms with Gasteiger partial charge in [0.25, 0.3) is 0 Å². The Bertz CT molecular complexity index is 517. The molecule has 1 rings (SSSR count). The Morgan fingerprint density at radius 1 is 1.44 bits per heavy atom. The van der Waals surface area contributed by atoms with Gasteiger partial charge in [-0.1, -0.05) is 13.8 Å². The van der Waals surface area contributed by atoms with Crippen LogP contribution in [0.4, 0.5) is 5.82 Å². The molecule has 1 aromatic heterocycles. The molecule has 0 amide bonds. The average molecular weight is 336 g/mol. The SMILES string of the molecule is CC(C)CC(C)NS(=O)(=O)c1cc(Br)cnc1N. The summed E-state index contributed by atoms with van der Waals surface area (Å²) in [6.07, 6.45) is 2.23. The minimum Gasteiger partial charge on any atom is -0.383 e. The van der Waals surface area contributed by atoms with E-state index in [1.54, 1.807) is 0 Å². The van der Waals surface area contributed by atoms with Crippen molar-refractivity contribution in [1.29, 1.82) is 0 Å². The van der Waals surface area contributed by atoms with E-state index in [1.165, 1.54) is 12.3 Å². The van der Waals surface area contributed by atoms with Gasteiger partial charge in [-0.2, -0.15) is 0 Å². The molecule has 0 aromatic carbocycles. The minimum absolute atomic E-state index is 0.00227. The van der Waals surface area contributed by atoms with Crippen molar-refractivity contribution < 1.29 is 8.42 Å². The van der Waals surface area contributed by atoms with Gasteiger partial charge in [0.1, 0.15) is 10.7 Å². The number of hydrogen-bond donors (Lipinski definition) is 2. The quantitative estimate of drug-likeness (QED) is 0.863. The van der Waals surface area contributed by atoms with Crippen LogP contribution in [0.2, 0.25) is 0 Å². The summed E-state index contributed by atoms with van der Waals surface area (Å²) in [6.45, 7) is 5.92. The van der Waals surface area contributed by atoms with Crippen LogP contribution in [0.1, 0.15) is 27.2 Å². The van der Waals surface area contributed by atoms with Crippen molar-refractivity contribution in [3.05, 3.63) is 16.7 Å². The van der Waals surface area contributed by atoms with Crippen LogP contribution < -0.4 is 10.5 Å². The maximum atomic E-state index is 12.1. The van der Waals surface area contributed by atoms with Crippen molar-refractivity contribution in [3.63, 3.8) is 0 Å². The molecule has 0 saturated heterocycles. The number of halogens is 1. The van der Waals surface area contributed by atoms with E-state index in [-0.39, 0.29) is 16.8 Å². The molecule has 0 fully saturated rings. The summed E-state index contributed by atoms with van der Waals surface area (Å²) in [5.74, 6) is 0.420. The zero-order chi connectivity index (χ0) is 13.9. The summed E-state index contributed by atoms with van der Waals surface area (Å²) in [7, 11) is -3.63. The second-order valence-electron chi connectivity index (χ2n) is 4.69. The molecule has 1 unspecified atom stereocenters. The monoisotopic (exact) mass is 335 g/mol. The van der Waals surface area contributed by atoms with Crippen LogP contribution >= 0.6 is 15.9 Å². The van der Waals surface area contributed by atoms with Crippen LogP contribution in [-0.2, 0) is 10.0 Å². The number of rotatable bonds is 5. The van der Waals surface area contributed by atoms with Crippen LogP contribution in [0.3, 0.4) is 0 Å². The maximum Gasteiger partial charge on any atom is 0.244 e. The van der Waals surface area contributed by atoms with Crippen molar-refractivity contribution in [2.75, 3.05) is 5.73 Å². The third-order valence-electron chi connectivity index (χ3n) is 2.32. The van der Waals surface area contributed by atoms with E-state index < -0.39 is 10.0 Å². The van der Waals surface area contributed by atoms with Crippen molar-refractivity contribution in [3.8, 4) is 0 Å². The number of nitrogens with one attached hydrogen (secondary N) is 1. The van der Waals surface area contributed by atoms with E-state index in [0.717, 1.165) is 6.42 Å². The molecule has 0 aliphatic carbocycles. The highest BCUT2D eigenvalue weighted by atomic mass is 79.9. The van der Waals surface area contributed by atoms with Crippen molar-refractivity contribution >= 4 is 31.8 Å². The van der Waals surface area contributed by atoms with Gasteiger partial charge in [-0.05, 0) is 41.3 Å². The summed E-state index contributed by atoms with van der Waals surface area (Å²) in [4.78, 5) is 3.83. The molecule has 0 radical (unpaired) electrons. The third-order valence-corrected chi connectivity index (χ3v) is 4.37. The fourth-order valence-electron chi connectivity index (χ4n) is 1.73. The molecule has 3 N–H and O–H groups in total. The predicted octanol–water partition coefficient (Wildman–Crippen LogP) is 2.14. The summed E-state index contributed by atoms with van der Waals surface area (Å²) < 4.78 is 27.5. The van der Waals surface area contributed by atoms with Gasteiger partial charge in [-0.25, -0.2) is 18.1 Å². The molecule has 0 aliphatic rings. The Morgan fingerprint density at radius 2 is 2.06 bits per heavy atom. The first-order valence-electron chi connectivity index (χ1n) is 5.65. The molecule has 1 heterocycles. The molecule has 102 valence electrons. The van der Waals surface area contributed by atoms with Gasteiger partial charge >= 0.3 is 0 Å². The maximum absolute atomic E-state index is 12.1. The lowest BCUT2D eigenvalue weighted by Crippen LogP contribution is -2.34. The Labute approximate surface area is 116 Å². The van der Waals surface area contributed by atoms with E-state index in [1.807, 2.05) is 20.8 Å². The van der Waals surface area contributed by atoms with Gasteiger partial charge in [-0.15, -0.1) is 0 Å². The van der Waals surface area contributed by atoms with Crippen molar-refractivity contribution in [2.24, 2.45) is 5.92 Å². The Morgan fingerprint density at radius 3 is 2.61 bits per heavy atom. The smallest absolute Gasteiger partial charge is 0.244 e. The van der Waals surface area contributed by atoms with E-state index in [4.69, 9.17) is 5.73 Å². The molecule has 1 atom stereocenters. The van der Waals surface area contributed by atoms with Crippen LogP contribution in [0.15, 0.2) is 21.6 Å². The molecule has 0 saturated carbocycles. The number of nitrogens with zero attached hydrogens (tertiary/aromatic N) is 1. The fourth-order valence-corrected chi connectivity index (χ4v) is 3.58. The zero-order valence-electron chi connectivity index (χ0n) is 10.6. The first-order valence-corrected chi connectivity index (χ1v) is 7.93. The van der Waals surface area contributed by atoms with Crippen molar-refractivity contribution in [2.45, 2.75) is 38.1 Å². The number of aromatic nitrogens is 1. The van der Waals surface area contributed by atoms with Crippen LogP contribution in [0.25, 0.3) is 0 Å². The molecular formula is C11H18BrN3O2S. The lowest BCUT2D eigenvalue weighted by atomic mass is 10.1. The molecule has 1 aromatic rings. The van der Waals surface area contributed by atoms with Gasteiger partial charge in [0.05, 0.1) is 0 Å². The predicted molar refractivity (Wildman–Crippen MR) is 75.6 cm³/mol. The normalized spacial score (nSPS) is 13.8. The number of nitrogens with two attached hydrogens (primary N) is 1. The van der Waals surface area contributed by atoms with Crippen molar-refractivity contribution in [1.82, 2.24) is 9.71 Å². The van der Waals surface area contributed by atoms with Gasteiger partial charge < -0.3 is 5.73 Å². The fraction of sp³-hybridized carbons (Fsp3) is 0.545. The first-order chi connectivity index (χ1) is 8.22. The van der Waals surface area contributed by atoms with Gasteiger partial charge in [0, 0.05) is 16.7 Å². The Hall–Kier alpha value is -0.660. The molecule has 0 bridgehead atoms. The van der Waals surface area contributed by atoms with E-state index >= 15 is 0 Å². The van der Waals surface area contributed by atoms with E-state index in [9.17, 15) is 8.42 Å². The highest BCUT2D eigenvalue weighted by molar-refractivity contribution is 9.10.